The SMILES string of the molecule is C.C.COC(=O)c1ccc(C)c(-c2nc(C)[nH]c2C)c1.COC(=O)c1ccc(C)c(B2OC(C)(C)C(C)(C)O2)c1.Cc1nc(I)c(C)[nH]1. The zero-order chi connectivity index (χ0) is 34.6. The normalized spacial score (nSPS) is 13.9. The second kappa shape index (κ2) is 17.3. The number of hydrogen-bond donors (Lipinski definition) is 2. The Morgan fingerprint density at radius 1 is 0.729 bits per heavy atom. The van der Waals surface area contributed by atoms with Crippen molar-refractivity contribution in [3.63, 3.8) is 0 Å². The highest BCUT2D eigenvalue weighted by atomic mass is 127. The molecule has 262 valence electrons. The fraction of sp³-hybridized carbons (Fsp3) is 0.444. The van der Waals surface area contributed by atoms with Gasteiger partial charge in [-0.25, -0.2) is 19.6 Å². The summed E-state index contributed by atoms with van der Waals surface area (Å²) in [6.07, 6.45) is 0. The lowest BCUT2D eigenvalue weighted by atomic mass is 9.75. The van der Waals surface area contributed by atoms with E-state index in [-0.39, 0.29) is 26.8 Å². The van der Waals surface area contributed by atoms with Crippen molar-refractivity contribution in [1.82, 2.24) is 19.9 Å². The number of benzene rings is 2. The number of ether oxygens (including phenoxy) is 2. The van der Waals surface area contributed by atoms with Gasteiger partial charge in [0.2, 0.25) is 0 Å². The van der Waals surface area contributed by atoms with Crippen molar-refractivity contribution in [2.75, 3.05) is 14.2 Å². The molecule has 2 N–H and O–H groups in total. The fourth-order valence-corrected chi connectivity index (χ4v) is 5.18. The van der Waals surface area contributed by atoms with Crippen LogP contribution in [0.3, 0.4) is 0 Å². The van der Waals surface area contributed by atoms with E-state index in [0.29, 0.717) is 11.1 Å². The van der Waals surface area contributed by atoms with E-state index in [1.54, 1.807) is 18.2 Å². The summed E-state index contributed by atoms with van der Waals surface area (Å²) in [6.45, 7) is 19.9. The first-order chi connectivity index (χ1) is 21.4. The molecule has 1 fully saturated rings. The molecule has 12 heteroatoms. The Bertz CT molecular complexity index is 1680. The summed E-state index contributed by atoms with van der Waals surface area (Å²) in [6, 6.07) is 10.9. The van der Waals surface area contributed by atoms with Crippen molar-refractivity contribution in [1.29, 1.82) is 0 Å². The highest BCUT2D eigenvalue weighted by Gasteiger charge is 2.52. The van der Waals surface area contributed by atoms with Crippen molar-refractivity contribution in [3.05, 3.63) is 85.4 Å². The molecule has 0 saturated carbocycles. The second-order valence-corrected chi connectivity index (χ2v) is 13.2. The van der Waals surface area contributed by atoms with Crippen LogP contribution < -0.4 is 5.46 Å². The minimum absolute atomic E-state index is 0. The monoisotopic (exact) mass is 774 g/mol. The van der Waals surface area contributed by atoms with E-state index in [2.05, 4.69) is 42.5 Å². The zero-order valence-corrected chi connectivity index (χ0v) is 30.9. The number of nitrogens with one attached hydrogen (secondary N) is 2. The molecule has 1 saturated heterocycles. The van der Waals surface area contributed by atoms with Crippen molar-refractivity contribution < 1.29 is 28.4 Å². The summed E-state index contributed by atoms with van der Waals surface area (Å²) in [4.78, 5) is 38.0. The predicted octanol–water partition coefficient (Wildman–Crippen LogP) is 7.77. The van der Waals surface area contributed by atoms with Gasteiger partial charge in [0.25, 0.3) is 0 Å². The van der Waals surface area contributed by atoms with Gasteiger partial charge < -0.3 is 28.8 Å². The van der Waals surface area contributed by atoms with E-state index in [9.17, 15) is 9.59 Å². The molecule has 2 aromatic carbocycles. The second-order valence-electron chi connectivity index (χ2n) is 12.2. The smallest absolute Gasteiger partial charge is 0.465 e. The van der Waals surface area contributed by atoms with Crippen LogP contribution in [-0.2, 0) is 18.8 Å². The maximum atomic E-state index is 11.6. The number of aryl methyl sites for hydroxylation is 6. The maximum absolute atomic E-state index is 11.6. The molecule has 1 aliphatic rings. The molecule has 48 heavy (non-hydrogen) atoms. The Morgan fingerprint density at radius 3 is 1.58 bits per heavy atom. The third kappa shape index (κ3) is 10.0. The van der Waals surface area contributed by atoms with E-state index >= 15 is 0 Å². The van der Waals surface area contributed by atoms with E-state index in [0.717, 1.165) is 54.6 Å². The van der Waals surface area contributed by atoms with Crippen LogP contribution in [-0.4, -0.2) is 64.4 Å². The lowest BCUT2D eigenvalue weighted by Crippen LogP contribution is -2.41. The number of H-pyrrole nitrogens is 2. The molecular formula is C36H52BIN4O6. The minimum Gasteiger partial charge on any atom is -0.465 e. The number of hydrogen-bond acceptors (Lipinski definition) is 8. The maximum Gasteiger partial charge on any atom is 0.495 e. The molecule has 0 unspecified atom stereocenters. The van der Waals surface area contributed by atoms with E-state index in [1.165, 1.54) is 14.2 Å². The molecule has 5 rings (SSSR count). The van der Waals surface area contributed by atoms with E-state index < -0.39 is 18.3 Å². The third-order valence-electron chi connectivity index (χ3n) is 8.07. The Labute approximate surface area is 300 Å². The van der Waals surface area contributed by atoms with Gasteiger partial charge in [-0.2, -0.15) is 0 Å². The van der Waals surface area contributed by atoms with Gasteiger partial charge in [0.1, 0.15) is 15.3 Å². The number of aromatic nitrogens is 4. The molecule has 0 atom stereocenters. The molecule has 0 bridgehead atoms. The number of halogens is 1. The van der Waals surface area contributed by atoms with Crippen LogP contribution in [0.4, 0.5) is 0 Å². The molecule has 2 aromatic heterocycles. The highest BCUT2D eigenvalue weighted by Crippen LogP contribution is 2.36. The summed E-state index contributed by atoms with van der Waals surface area (Å²) in [5.74, 6) is 1.17. The van der Waals surface area contributed by atoms with E-state index in [4.69, 9.17) is 18.8 Å². The van der Waals surface area contributed by atoms with Gasteiger partial charge in [0.15, 0.2) is 0 Å². The first kappa shape index (κ1) is 42.5. The standard InChI is InChI=1S/C15H21BO4.C14H16N2O2.C5H7IN2.2CH4/c1-10-7-8-11(13(17)18-6)9-12(10)16-19-14(2,3)15(4,5)20-16;1-8-5-6-11(14(17)18-4)7-12(8)13-9(2)15-10(3)16-13;1-3-5(6)8-4(2)7-3;;/h7-9H,1-6H3;5-7H,1-4H3,(H,15,16);1-2H3,(H,7,8);2*1H4. The van der Waals surface area contributed by atoms with Gasteiger partial charge in [-0.05, 0) is 127 Å². The number of rotatable bonds is 4. The lowest BCUT2D eigenvalue weighted by Gasteiger charge is -2.32. The summed E-state index contributed by atoms with van der Waals surface area (Å²) in [5.41, 5.74) is 7.22. The number of carbonyl (C=O) groups is 2. The van der Waals surface area contributed by atoms with Crippen LogP contribution >= 0.6 is 22.6 Å². The average Bonchev–Trinajstić information content (AvgIpc) is 3.56. The molecular weight excluding hydrogens is 722 g/mol. The molecule has 0 amide bonds. The summed E-state index contributed by atoms with van der Waals surface area (Å²) in [7, 11) is 2.28. The number of nitrogens with zero attached hydrogens (tertiary/aromatic N) is 2. The van der Waals surface area contributed by atoms with E-state index in [1.807, 2.05) is 87.4 Å². The van der Waals surface area contributed by atoms with Gasteiger partial charge in [0.05, 0.1) is 42.2 Å². The fourth-order valence-electron chi connectivity index (χ4n) is 4.69. The van der Waals surface area contributed by atoms with Crippen molar-refractivity contribution >= 4 is 47.1 Å². The quantitative estimate of drug-likeness (QED) is 0.122. The number of imidazole rings is 2. The van der Waals surface area contributed by atoms with Crippen molar-refractivity contribution in [3.8, 4) is 11.3 Å². The molecule has 10 nitrogen and oxygen atoms in total. The molecule has 1 aliphatic heterocycles. The van der Waals surface area contributed by atoms with Gasteiger partial charge in [-0.1, -0.05) is 32.5 Å². The van der Waals surface area contributed by atoms with Crippen LogP contribution in [0.5, 0.6) is 0 Å². The minimum atomic E-state index is -0.468. The zero-order valence-electron chi connectivity index (χ0n) is 28.8. The Balaban J connectivity index is 0.000000380. The van der Waals surface area contributed by atoms with Gasteiger partial charge in [0, 0.05) is 17.0 Å². The molecule has 3 heterocycles. The largest absolute Gasteiger partial charge is 0.495 e. The molecule has 0 radical (unpaired) electrons. The third-order valence-corrected chi connectivity index (χ3v) is 9.12. The van der Waals surface area contributed by atoms with Crippen LogP contribution in [0, 0.1) is 45.2 Å². The van der Waals surface area contributed by atoms with Gasteiger partial charge >= 0.3 is 19.1 Å². The topological polar surface area (TPSA) is 128 Å². The highest BCUT2D eigenvalue weighted by molar-refractivity contribution is 14.1. The summed E-state index contributed by atoms with van der Waals surface area (Å²) < 4.78 is 22.6. The molecule has 4 aromatic rings. The van der Waals surface area contributed by atoms with Crippen LogP contribution in [0.25, 0.3) is 11.3 Å². The summed E-state index contributed by atoms with van der Waals surface area (Å²) >= 11 is 2.20. The number of methoxy groups -OCH3 is 2. The summed E-state index contributed by atoms with van der Waals surface area (Å²) in [5, 5.41) is 0. The average molecular weight is 775 g/mol. The first-order valence-corrected chi connectivity index (χ1v) is 15.9. The number of aromatic amines is 2. The first-order valence-electron chi connectivity index (χ1n) is 14.9. The van der Waals surface area contributed by atoms with Gasteiger partial charge in [-0.3, -0.25) is 0 Å². The Kier molecular flexibility index (Phi) is 15.3. The number of carbonyl (C=O) groups excluding carboxylic acids is 2. The molecule has 0 aliphatic carbocycles. The van der Waals surface area contributed by atoms with Gasteiger partial charge in [-0.15, -0.1) is 0 Å². The van der Waals surface area contributed by atoms with Crippen LogP contribution in [0.1, 0.15) is 97.4 Å². The lowest BCUT2D eigenvalue weighted by molar-refractivity contribution is 0.00578. The van der Waals surface area contributed by atoms with Crippen molar-refractivity contribution in [2.45, 2.75) is 95.3 Å². The predicted molar refractivity (Wildman–Crippen MR) is 202 cm³/mol. The Morgan fingerprint density at radius 2 is 1.19 bits per heavy atom. The number of esters is 2. The van der Waals surface area contributed by atoms with Crippen LogP contribution in [0.15, 0.2) is 36.4 Å². The Hall–Kier alpha value is -3.49. The van der Waals surface area contributed by atoms with Crippen molar-refractivity contribution in [2.24, 2.45) is 0 Å². The molecule has 0 spiro atoms. The van der Waals surface area contributed by atoms with Crippen LogP contribution in [0.2, 0.25) is 0 Å².